The first-order chi connectivity index (χ1) is 18.9. The average molecular weight is 607 g/mol. The fraction of sp³-hybridized carbons (Fsp3) is 0.812. The summed E-state index contributed by atoms with van der Waals surface area (Å²) < 4.78 is 33.0. The van der Waals surface area contributed by atoms with Crippen LogP contribution in [0.5, 0.6) is 11.5 Å². The smallest absolute Gasteiger partial charge is 0.200 e. The molecule has 0 radical (unpaired) electrons. The maximum atomic E-state index is 10.5. The molecule has 6 nitrogen and oxygen atoms in total. The zero-order valence-corrected chi connectivity index (χ0v) is 29.1. The Bertz CT molecular complexity index is 744. The third-order valence-corrected chi connectivity index (χ3v) is 10.9. The first-order valence-corrected chi connectivity index (χ1v) is 20.0. The van der Waals surface area contributed by atoms with E-state index in [9.17, 15) is 9.13 Å². The standard InChI is InChI=1S/C24H42O2.2C4H11O2P/c1-5-7-9-11-13-15-17-25-23-19-22(4)24(20-21(23)3)26-18-16-14-12-10-8-6-2;2*1-3-7(5,6)4-2/h19-20H,5-18H2,1-4H3;2*3-4H2,1-2H3,(H,5,6). The highest BCUT2D eigenvalue weighted by atomic mass is 31.2. The van der Waals surface area contributed by atoms with Crippen molar-refractivity contribution in [1.82, 2.24) is 0 Å². The minimum Gasteiger partial charge on any atom is -0.493 e. The Labute approximate surface area is 247 Å². The lowest BCUT2D eigenvalue weighted by Gasteiger charge is -2.14. The predicted molar refractivity (Wildman–Crippen MR) is 175 cm³/mol. The second kappa shape index (κ2) is 25.9. The second-order valence-corrected chi connectivity index (χ2v) is 16.5. The van der Waals surface area contributed by atoms with Crippen molar-refractivity contribution in [2.24, 2.45) is 0 Å². The summed E-state index contributed by atoms with van der Waals surface area (Å²) in [6.45, 7) is 17.3. The molecule has 0 heterocycles. The summed E-state index contributed by atoms with van der Waals surface area (Å²) in [6.07, 6.45) is 17.2. The first-order valence-electron chi connectivity index (χ1n) is 15.9. The number of ether oxygens (including phenoxy) is 2. The molecule has 0 saturated carbocycles. The predicted octanol–water partition coefficient (Wildman–Crippen LogP) is 10.4. The topological polar surface area (TPSA) is 93.1 Å². The van der Waals surface area contributed by atoms with Crippen molar-refractivity contribution in [1.29, 1.82) is 0 Å². The summed E-state index contributed by atoms with van der Waals surface area (Å²) in [7, 11) is -5.31. The van der Waals surface area contributed by atoms with Gasteiger partial charge in [-0.05, 0) is 49.9 Å². The van der Waals surface area contributed by atoms with Crippen molar-refractivity contribution in [3.05, 3.63) is 23.3 Å². The molecule has 1 rings (SSSR count). The SMILES string of the molecule is CCCCCCCCOc1cc(C)c(OCCCCCCCC)cc1C.CCP(=O)(O)CC.CCP(=O)(O)CC. The number of benzene rings is 1. The molecular weight excluding hydrogens is 542 g/mol. The first kappa shape index (κ1) is 41.3. The fourth-order valence-corrected chi connectivity index (χ4v) is 4.54. The van der Waals surface area contributed by atoms with Crippen LogP contribution in [-0.2, 0) is 9.13 Å². The molecule has 0 fully saturated rings. The Balaban J connectivity index is 0. The van der Waals surface area contributed by atoms with E-state index in [-0.39, 0.29) is 0 Å². The van der Waals surface area contributed by atoms with Gasteiger partial charge >= 0.3 is 0 Å². The van der Waals surface area contributed by atoms with Gasteiger partial charge in [0.25, 0.3) is 0 Å². The van der Waals surface area contributed by atoms with Crippen LogP contribution >= 0.6 is 14.7 Å². The maximum absolute atomic E-state index is 10.5. The summed E-state index contributed by atoms with van der Waals surface area (Å²) in [5.41, 5.74) is 2.36. The van der Waals surface area contributed by atoms with Crippen LogP contribution in [0.3, 0.4) is 0 Å². The van der Waals surface area contributed by atoms with Gasteiger partial charge in [-0.3, -0.25) is 9.13 Å². The number of hydrogen-bond donors (Lipinski definition) is 2. The van der Waals surface area contributed by atoms with Crippen LogP contribution in [0.2, 0.25) is 0 Å². The Morgan fingerprint density at radius 2 is 0.800 bits per heavy atom. The van der Waals surface area contributed by atoms with Gasteiger partial charge in [0.15, 0.2) is 14.7 Å². The normalized spacial score (nSPS) is 11.2. The van der Waals surface area contributed by atoms with Gasteiger partial charge in [0, 0.05) is 24.6 Å². The highest BCUT2D eigenvalue weighted by molar-refractivity contribution is 7.58. The molecule has 0 aliphatic carbocycles. The maximum Gasteiger partial charge on any atom is 0.200 e. The van der Waals surface area contributed by atoms with Crippen molar-refractivity contribution < 1.29 is 28.4 Å². The highest BCUT2D eigenvalue weighted by Crippen LogP contribution is 2.38. The second-order valence-electron chi connectivity index (χ2n) is 10.6. The Kier molecular flexibility index (Phi) is 26.7. The van der Waals surface area contributed by atoms with E-state index in [1.807, 2.05) is 0 Å². The lowest BCUT2D eigenvalue weighted by molar-refractivity contribution is 0.293. The summed E-state index contributed by atoms with van der Waals surface area (Å²) >= 11 is 0. The molecule has 40 heavy (non-hydrogen) atoms. The van der Waals surface area contributed by atoms with Crippen molar-refractivity contribution >= 4 is 14.7 Å². The van der Waals surface area contributed by atoms with Crippen LogP contribution < -0.4 is 9.47 Å². The largest absolute Gasteiger partial charge is 0.493 e. The van der Waals surface area contributed by atoms with E-state index < -0.39 is 14.7 Å². The molecule has 0 bridgehead atoms. The van der Waals surface area contributed by atoms with Gasteiger partial charge in [-0.1, -0.05) is 106 Å². The lowest BCUT2D eigenvalue weighted by atomic mass is 10.1. The number of rotatable bonds is 20. The van der Waals surface area contributed by atoms with Gasteiger partial charge in [0.05, 0.1) is 13.2 Å². The van der Waals surface area contributed by atoms with Gasteiger partial charge in [-0.25, -0.2) is 0 Å². The number of aryl methyl sites for hydroxylation is 2. The zero-order chi connectivity index (χ0) is 30.9. The summed E-state index contributed by atoms with van der Waals surface area (Å²) in [5.74, 6) is 2.03. The van der Waals surface area contributed by atoms with E-state index >= 15 is 0 Å². The fourth-order valence-electron chi connectivity index (χ4n) is 3.65. The highest BCUT2D eigenvalue weighted by Gasteiger charge is 2.10. The van der Waals surface area contributed by atoms with E-state index in [0.717, 1.165) is 37.6 Å². The van der Waals surface area contributed by atoms with Crippen LogP contribution in [0.4, 0.5) is 0 Å². The molecule has 0 unspecified atom stereocenters. The molecule has 0 saturated heterocycles. The van der Waals surface area contributed by atoms with Crippen LogP contribution in [0.25, 0.3) is 0 Å². The lowest BCUT2D eigenvalue weighted by Crippen LogP contribution is -2.02. The zero-order valence-electron chi connectivity index (χ0n) is 27.3. The molecule has 0 amide bonds. The van der Waals surface area contributed by atoms with E-state index in [1.54, 1.807) is 27.7 Å². The van der Waals surface area contributed by atoms with Gasteiger partial charge in [-0.15, -0.1) is 0 Å². The van der Waals surface area contributed by atoms with Crippen LogP contribution in [-0.4, -0.2) is 47.6 Å². The van der Waals surface area contributed by atoms with Crippen LogP contribution in [0, 0.1) is 13.8 Å². The molecule has 0 atom stereocenters. The Morgan fingerprint density at radius 3 is 1.05 bits per heavy atom. The van der Waals surface area contributed by atoms with Gasteiger partial charge < -0.3 is 19.3 Å². The number of unbranched alkanes of at least 4 members (excludes halogenated alkanes) is 10. The average Bonchev–Trinajstić information content (AvgIpc) is 2.94. The van der Waals surface area contributed by atoms with Gasteiger partial charge in [0.1, 0.15) is 11.5 Å². The Morgan fingerprint density at radius 1 is 0.525 bits per heavy atom. The molecule has 2 N–H and O–H groups in total. The molecule has 0 aliphatic heterocycles. The molecule has 1 aromatic rings. The molecule has 238 valence electrons. The van der Waals surface area contributed by atoms with E-state index in [0.29, 0.717) is 24.6 Å². The molecule has 8 heteroatoms. The van der Waals surface area contributed by atoms with E-state index in [2.05, 4.69) is 39.8 Å². The molecule has 0 aromatic heterocycles. The molecule has 0 aliphatic rings. The quantitative estimate of drug-likeness (QED) is 0.113. The minimum absolute atomic E-state index is 0.406. The van der Waals surface area contributed by atoms with Crippen LogP contribution in [0.15, 0.2) is 12.1 Å². The summed E-state index contributed by atoms with van der Waals surface area (Å²) in [4.78, 5) is 17.4. The third kappa shape index (κ3) is 23.9. The Hall–Kier alpha value is -0.800. The molecule has 0 spiro atoms. The van der Waals surface area contributed by atoms with Crippen molar-refractivity contribution in [2.75, 3.05) is 37.9 Å². The monoisotopic (exact) mass is 606 g/mol. The van der Waals surface area contributed by atoms with Crippen molar-refractivity contribution in [2.45, 2.75) is 132 Å². The van der Waals surface area contributed by atoms with Crippen molar-refractivity contribution in [3.8, 4) is 11.5 Å². The van der Waals surface area contributed by atoms with E-state index in [4.69, 9.17) is 19.3 Å². The van der Waals surface area contributed by atoms with E-state index in [1.165, 1.54) is 75.3 Å². The van der Waals surface area contributed by atoms with Gasteiger partial charge in [0.2, 0.25) is 0 Å². The van der Waals surface area contributed by atoms with Crippen LogP contribution in [0.1, 0.15) is 130 Å². The minimum atomic E-state index is -2.65. The summed E-state index contributed by atoms with van der Waals surface area (Å²) in [5, 5.41) is 0. The van der Waals surface area contributed by atoms with Crippen molar-refractivity contribution in [3.63, 3.8) is 0 Å². The third-order valence-electron chi connectivity index (χ3n) is 6.96. The number of hydrogen-bond acceptors (Lipinski definition) is 4. The molecule has 1 aromatic carbocycles. The molecular formula is C32H64O6P2. The summed E-state index contributed by atoms with van der Waals surface area (Å²) in [6, 6.07) is 4.28. The van der Waals surface area contributed by atoms with Gasteiger partial charge in [-0.2, -0.15) is 0 Å².